The van der Waals surface area contributed by atoms with Gasteiger partial charge in [0.25, 0.3) is 5.91 Å². The molecule has 0 fully saturated rings. The Morgan fingerprint density at radius 2 is 1.96 bits per heavy atom. The van der Waals surface area contributed by atoms with Crippen LogP contribution in [-0.2, 0) is 12.8 Å². The summed E-state index contributed by atoms with van der Waals surface area (Å²) >= 11 is 1.68. The summed E-state index contributed by atoms with van der Waals surface area (Å²) in [6, 6.07) is 16.0. The highest BCUT2D eigenvalue weighted by molar-refractivity contribution is 7.11. The monoisotopic (exact) mass is 354 g/mol. The summed E-state index contributed by atoms with van der Waals surface area (Å²) in [5.74, 6) is -0.675. The first-order valence-electron chi connectivity index (χ1n) is 8.14. The number of aryl methyl sites for hydroxylation is 1. The molecule has 0 saturated heterocycles. The van der Waals surface area contributed by atoms with E-state index in [4.69, 9.17) is 0 Å². The van der Waals surface area contributed by atoms with Crippen molar-refractivity contribution >= 4 is 17.2 Å². The minimum absolute atomic E-state index is 0.266. The highest BCUT2D eigenvalue weighted by Gasteiger charge is 2.10. The fraction of sp³-hybridized carbons (Fsp3) is 0.200. The number of nitrogens with zero attached hydrogens (tertiary/aromatic N) is 1. The van der Waals surface area contributed by atoms with E-state index in [0.717, 1.165) is 17.1 Å². The van der Waals surface area contributed by atoms with Crippen LogP contribution in [0.4, 0.5) is 4.39 Å². The molecule has 5 heteroatoms. The first-order valence-corrected chi connectivity index (χ1v) is 8.96. The lowest BCUT2D eigenvalue weighted by Crippen LogP contribution is -2.25. The van der Waals surface area contributed by atoms with Gasteiger partial charge in [0.1, 0.15) is 5.82 Å². The topological polar surface area (TPSA) is 42.0 Å². The maximum atomic E-state index is 13.2. The van der Waals surface area contributed by atoms with Crippen LogP contribution in [-0.4, -0.2) is 17.4 Å². The van der Waals surface area contributed by atoms with Gasteiger partial charge in [0.15, 0.2) is 0 Å². The number of carbonyl (C=O) groups excluding carboxylic acids is 1. The minimum Gasteiger partial charge on any atom is -0.352 e. The van der Waals surface area contributed by atoms with Crippen LogP contribution in [0.2, 0.25) is 0 Å². The molecular formula is C20H19FN2OS. The summed E-state index contributed by atoms with van der Waals surface area (Å²) in [4.78, 5) is 17.9. The number of hydrogen-bond acceptors (Lipinski definition) is 3. The molecule has 128 valence electrons. The Hall–Kier alpha value is -2.53. The Morgan fingerprint density at radius 1 is 1.16 bits per heavy atom. The third-order valence-corrected chi connectivity index (χ3v) is 5.07. The fourth-order valence-corrected chi connectivity index (χ4v) is 3.66. The van der Waals surface area contributed by atoms with E-state index >= 15 is 0 Å². The molecule has 3 aromatic rings. The summed E-state index contributed by atoms with van der Waals surface area (Å²) in [5.41, 5.74) is 2.64. The summed E-state index contributed by atoms with van der Waals surface area (Å²) in [5, 5.41) is 3.82. The Morgan fingerprint density at radius 3 is 2.72 bits per heavy atom. The van der Waals surface area contributed by atoms with Crippen molar-refractivity contribution in [3.05, 3.63) is 87.1 Å². The Bertz CT molecular complexity index is 861. The second-order valence-electron chi connectivity index (χ2n) is 5.79. The van der Waals surface area contributed by atoms with Crippen molar-refractivity contribution in [2.75, 3.05) is 6.54 Å². The van der Waals surface area contributed by atoms with E-state index in [2.05, 4.69) is 22.4 Å². The number of benzene rings is 2. The number of amides is 1. The number of rotatable bonds is 6. The lowest BCUT2D eigenvalue weighted by molar-refractivity contribution is 0.0953. The van der Waals surface area contributed by atoms with Crippen LogP contribution in [0.5, 0.6) is 0 Å². The molecule has 0 bridgehead atoms. The molecule has 0 atom stereocenters. The van der Waals surface area contributed by atoms with Crippen molar-refractivity contribution < 1.29 is 9.18 Å². The van der Waals surface area contributed by atoms with E-state index < -0.39 is 5.82 Å². The molecular weight excluding hydrogens is 335 g/mol. The summed E-state index contributed by atoms with van der Waals surface area (Å²) in [6.07, 6.45) is 1.54. The van der Waals surface area contributed by atoms with Crippen LogP contribution in [0.3, 0.4) is 0 Å². The molecule has 1 amide bonds. The van der Waals surface area contributed by atoms with Gasteiger partial charge in [0.05, 0.1) is 10.7 Å². The third-order valence-electron chi connectivity index (χ3n) is 3.86. The molecule has 3 nitrogen and oxygen atoms in total. The standard InChI is InChI=1S/C20H19FN2OS/c1-14-18(12-15-6-3-2-4-7-15)25-19(23-14)10-11-22-20(24)16-8-5-9-17(21)13-16/h2-9,13H,10-12H2,1H3,(H,22,24). The van der Waals surface area contributed by atoms with E-state index in [1.165, 1.54) is 28.6 Å². The first-order chi connectivity index (χ1) is 12.1. The normalized spacial score (nSPS) is 10.6. The maximum absolute atomic E-state index is 13.2. The number of carbonyl (C=O) groups is 1. The first kappa shape index (κ1) is 17.3. The van der Waals surface area contributed by atoms with Crippen LogP contribution >= 0.6 is 11.3 Å². The van der Waals surface area contributed by atoms with Gasteiger partial charge >= 0.3 is 0 Å². The molecule has 25 heavy (non-hydrogen) atoms. The molecule has 0 aliphatic carbocycles. The molecule has 0 unspecified atom stereocenters. The molecule has 0 radical (unpaired) electrons. The SMILES string of the molecule is Cc1nc(CCNC(=O)c2cccc(F)c2)sc1Cc1ccccc1. The third kappa shape index (κ3) is 4.73. The summed E-state index contributed by atoms with van der Waals surface area (Å²) in [7, 11) is 0. The van der Waals surface area contributed by atoms with Crippen molar-refractivity contribution in [1.82, 2.24) is 10.3 Å². The van der Waals surface area contributed by atoms with Gasteiger partial charge in [0, 0.05) is 29.8 Å². The van der Waals surface area contributed by atoms with Crippen LogP contribution in [0.1, 0.15) is 31.5 Å². The van der Waals surface area contributed by atoms with Crippen LogP contribution in [0.25, 0.3) is 0 Å². The largest absolute Gasteiger partial charge is 0.352 e. The highest BCUT2D eigenvalue weighted by Crippen LogP contribution is 2.21. The van der Waals surface area contributed by atoms with Gasteiger partial charge in [-0.15, -0.1) is 11.3 Å². The molecule has 0 aliphatic rings. The summed E-state index contributed by atoms with van der Waals surface area (Å²) in [6.45, 7) is 2.50. The van der Waals surface area contributed by atoms with E-state index in [1.807, 2.05) is 25.1 Å². The number of nitrogens with one attached hydrogen (secondary N) is 1. The van der Waals surface area contributed by atoms with Crippen molar-refractivity contribution in [3.8, 4) is 0 Å². The second-order valence-corrected chi connectivity index (χ2v) is 6.96. The molecule has 1 heterocycles. The van der Waals surface area contributed by atoms with Gasteiger partial charge in [-0.1, -0.05) is 36.4 Å². The number of aromatic nitrogens is 1. The molecule has 0 saturated carbocycles. The van der Waals surface area contributed by atoms with Crippen LogP contribution in [0, 0.1) is 12.7 Å². The number of thiazole rings is 1. The van der Waals surface area contributed by atoms with E-state index in [1.54, 1.807) is 17.4 Å². The lowest BCUT2D eigenvalue weighted by Gasteiger charge is -2.03. The summed E-state index contributed by atoms with van der Waals surface area (Å²) < 4.78 is 13.2. The van der Waals surface area contributed by atoms with Crippen molar-refractivity contribution in [2.24, 2.45) is 0 Å². The Labute approximate surface area is 150 Å². The zero-order valence-electron chi connectivity index (χ0n) is 14.0. The second kappa shape index (κ2) is 8.03. The van der Waals surface area contributed by atoms with Crippen molar-refractivity contribution in [2.45, 2.75) is 19.8 Å². The minimum atomic E-state index is -0.409. The average Bonchev–Trinajstić information content (AvgIpc) is 2.95. The van der Waals surface area contributed by atoms with Crippen LogP contribution < -0.4 is 5.32 Å². The molecule has 2 aromatic carbocycles. The van der Waals surface area contributed by atoms with Crippen molar-refractivity contribution in [1.29, 1.82) is 0 Å². The van der Waals surface area contributed by atoms with E-state index in [9.17, 15) is 9.18 Å². The molecule has 0 aliphatic heterocycles. The zero-order chi connectivity index (χ0) is 17.6. The molecule has 0 spiro atoms. The number of halogens is 1. The van der Waals surface area contributed by atoms with E-state index in [0.29, 0.717) is 18.5 Å². The zero-order valence-corrected chi connectivity index (χ0v) is 14.8. The van der Waals surface area contributed by atoms with Gasteiger partial charge in [-0.25, -0.2) is 9.37 Å². The Balaban J connectivity index is 1.55. The smallest absolute Gasteiger partial charge is 0.251 e. The molecule has 1 N–H and O–H groups in total. The fourth-order valence-electron chi connectivity index (χ4n) is 2.56. The van der Waals surface area contributed by atoms with Crippen LogP contribution in [0.15, 0.2) is 54.6 Å². The Kier molecular flexibility index (Phi) is 5.56. The number of hydrogen-bond donors (Lipinski definition) is 1. The van der Waals surface area contributed by atoms with Gasteiger partial charge < -0.3 is 5.32 Å². The van der Waals surface area contributed by atoms with Gasteiger partial charge in [-0.05, 0) is 30.7 Å². The van der Waals surface area contributed by atoms with Crippen molar-refractivity contribution in [3.63, 3.8) is 0 Å². The van der Waals surface area contributed by atoms with Gasteiger partial charge in [-0.3, -0.25) is 4.79 Å². The lowest BCUT2D eigenvalue weighted by atomic mass is 10.1. The quantitative estimate of drug-likeness (QED) is 0.722. The highest BCUT2D eigenvalue weighted by atomic mass is 32.1. The average molecular weight is 354 g/mol. The molecule has 3 rings (SSSR count). The van der Waals surface area contributed by atoms with Gasteiger partial charge in [-0.2, -0.15) is 0 Å². The van der Waals surface area contributed by atoms with Gasteiger partial charge in [0.2, 0.25) is 0 Å². The van der Waals surface area contributed by atoms with E-state index in [-0.39, 0.29) is 5.91 Å². The predicted octanol–water partition coefficient (Wildman–Crippen LogP) is 4.15. The molecule has 1 aromatic heterocycles. The predicted molar refractivity (Wildman–Crippen MR) is 98.5 cm³/mol. The maximum Gasteiger partial charge on any atom is 0.251 e.